The molecule has 4 rings (SSSR count). The van der Waals surface area contributed by atoms with Gasteiger partial charge < -0.3 is 9.32 Å². The minimum atomic E-state index is -0.211. The summed E-state index contributed by atoms with van der Waals surface area (Å²) in [6.45, 7) is 13.2. The van der Waals surface area contributed by atoms with Gasteiger partial charge in [0.1, 0.15) is 5.58 Å². The average molecular weight is 311 g/mol. The molecule has 3 heterocycles. The van der Waals surface area contributed by atoms with Crippen molar-refractivity contribution in [3.05, 3.63) is 39.2 Å². The number of rotatable bonds is 0. The van der Waals surface area contributed by atoms with Gasteiger partial charge in [-0.15, -0.1) is 0 Å². The predicted octanol–water partition coefficient (Wildman–Crippen LogP) is 4.27. The maximum absolute atomic E-state index is 12.1. The number of hydrogen-bond donors (Lipinski definition) is 0. The zero-order valence-electron chi connectivity index (χ0n) is 14.7. The Kier molecular flexibility index (Phi) is 2.83. The third kappa shape index (κ3) is 1.98. The fraction of sp³-hybridized carbons (Fsp3) is 0.550. The summed E-state index contributed by atoms with van der Waals surface area (Å²) in [6.07, 6.45) is 2.26. The molecule has 2 aliphatic heterocycles. The molecule has 0 spiro atoms. The van der Waals surface area contributed by atoms with Crippen LogP contribution in [0.1, 0.15) is 57.2 Å². The standard InChI is InChI=1S/C20H25NO2/c1-12-10-13-11-14-16-15(17(13)23-18(12)22)20(4,5)7-9-21(16)8-6-19(14,2)3/h10-11H,6-9H2,1-5H3. The fourth-order valence-electron chi connectivity index (χ4n) is 4.25. The van der Waals surface area contributed by atoms with Gasteiger partial charge in [-0.25, -0.2) is 4.79 Å². The van der Waals surface area contributed by atoms with E-state index in [-0.39, 0.29) is 16.5 Å². The van der Waals surface area contributed by atoms with Crippen LogP contribution in [0.3, 0.4) is 0 Å². The first-order valence-corrected chi connectivity index (χ1v) is 8.58. The lowest BCUT2D eigenvalue weighted by atomic mass is 9.69. The Morgan fingerprint density at radius 1 is 1.04 bits per heavy atom. The van der Waals surface area contributed by atoms with Crippen LogP contribution in [-0.4, -0.2) is 13.1 Å². The molecule has 2 aliphatic rings. The van der Waals surface area contributed by atoms with Crippen LogP contribution < -0.4 is 10.5 Å². The van der Waals surface area contributed by atoms with E-state index in [1.807, 2.05) is 13.0 Å². The molecular formula is C20H25NO2. The van der Waals surface area contributed by atoms with Gasteiger partial charge in [-0.3, -0.25) is 0 Å². The summed E-state index contributed by atoms with van der Waals surface area (Å²) in [6, 6.07) is 4.26. The van der Waals surface area contributed by atoms with Gasteiger partial charge in [-0.05, 0) is 48.3 Å². The van der Waals surface area contributed by atoms with Crippen LogP contribution in [0.4, 0.5) is 5.69 Å². The van der Waals surface area contributed by atoms with Gasteiger partial charge in [0, 0.05) is 35.3 Å². The number of aryl methyl sites for hydroxylation is 1. The van der Waals surface area contributed by atoms with Gasteiger partial charge >= 0.3 is 5.63 Å². The van der Waals surface area contributed by atoms with Crippen molar-refractivity contribution in [3.63, 3.8) is 0 Å². The van der Waals surface area contributed by atoms with Crippen LogP contribution in [0.15, 0.2) is 21.3 Å². The molecule has 0 bridgehead atoms. The van der Waals surface area contributed by atoms with Crippen LogP contribution in [0.5, 0.6) is 0 Å². The molecule has 3 heteroatoms. The molecule has 0 saturated heterocycles. The van der Waals surface area contributed by atoms with Gasteiger partial charge in [0.05, 0.1) is 0 Å². The van der Waals surface area contributed by atoms with Crippen LogP contribution in [0, 0.1) is 6.92 Å². The van der Waals surface area contributed by atoms with Crippen molar-refractivity contribution in [1.29, 1.82) is 0 Å². The molecule has 0 unspecified atom stereocenters. The molecule has 23 heavy (non-hydrogen) atoms. The Balaban J connectivity index is 2.20. The van der Waals surface area contributed by atoms with Crippen LogP contribution in [-0.2, 0) is 10.8 Å². The molecule has 0 amide bonds. The van der Waals surface area contributed by atoms with Crippen molar-refractivity contribution in [2.24, 2.45) is 0 Å². The number of anilines is 1. The van der Waals surface area contributed by atoms with E-state index in [1.54, 1.807) is 0 Å². The number of hydrogen-bond acceptors (Lipinski definition) is 3. The van der Waals surface area contributed by atoms with Crippen molar-refractivity contribution in [3.8, 4) is 0 Å². The smallest absolute Gasteiger partial charge is 0.339 e. The molecule has 122 valence electrons. The van der Waals surface area contributed by atoms with Crippen molar-refractivity contribution >= 4 is 16.7 Å². The highest BCUT2D eigenvalue weighted by Gasteiger charge is 2.41. The minimum absolute atomic E-state index is 0.0265. The van der Waals surface area contributed by atoms with Crippen molar-refractivity contribution < 1.29 is 4.42 Å². The molecule has 1 aromatic heterocycles. The maximum Gasteiger partial charge on any atom is 0.339 e. The van der Waals surface area contributed by atoms with Gasteiger partial charge in [0.2, 0.25) is 0 Å². The zero-order valence-corrected chi connectivity index (χ0v) is 14.7. The lowest BCUT2D eigenvalue weighted by Gasteiger charge is -2.48. The second kappa shape index (κ2) is 4.40. The van der Waals surface area contributed by atoms with Crippen LogP contribution >= 0.6 is 0 Å². The van der Waals surface area contributed by atoms with Crippen molar-refractivity contribution in [2.45, 2.75) is 58.3 Å². The third-order valence-corrected chi connectivity index (χ3v) is 5.91. The number of fused-ring (bicyclic) bond motifs is 2. The molecule has 0 N–H and O–H groups in total. The van der Waals surface area contributed by atoms with E-state index in [9.17, 15) is 4.79 Å². The third-order valence-electron chi connectivity index (χ3n) is 5.91. The van der Waals surface area contributed by atoms with E-state index in [2.05, 4.69) is 38.7 Å². The second-order valence-corrected chi connectivity index (χ2v) is 8.54. The highest BCUT2D eigenvalue weighted by molar-refractivity contribution is 5.90. The normalized spacial score (nSPS) is 21.3. The predicted molar refractivity (Wildman–Crippen MR) is 94.7 cm³/mol. The largest absolute Gasteiger partial charge is 0.422 e. The van der Waals surface area contributed by atoms with Crippen LogP contribution in [0.25, 0.3) is 11.0 Å². The van der Waals surface area contributed by atoms with Gasteiger partial charge in [0.25, 0.3) is 0 Å². The quantitative estimate of drug-likeness (QED) is 0.681. The Morgan fingerprint density at radius 2 is 1.70 bits per heavy atom. The monoisotopic (exact) mass is 311 g/mol. The summed E-state index contributed by atoms with van der Waals surface area (Å²) in [7, 11) is 0. The van der Waals surface area contributed by atoms with Crippen molar-refractivity contribution in [1.82, 2.24) is 0 Å². The first-order valence-electron chi connectivity index (χ1n) is 8.58. The second-order valence-electron chi connectivity index (χ2n) is 8.54. The van der Waals surface area contributed by atoms with Crippen molar-refractivity contribution in [2.75, 3.05) is 18.0 Å². The summed E-state index contributed by atoms with van der Waals surface area (Å²) < 4.78 is 5.78. The molecule has 0 saturated carbocycles. The summed E-state index contributed by atoms with van der Waals surface area (Å²) in [4.78, 5) is 14.6. The molecule has 0 aliphatic carbocycles. The summed E-state index contributed by atoms with van der Waals surface area (Å²) in [5.41, 5.74) is 5.43. The molecular weight excluding hydrogens is 286 g/mol. The molecule has 3 nitrogen and oxygen atoms in total. The average Bonchev–Trinajstić information content (AvgIpc) is 2.45. The first kappa shape index (κ1) is 14.8. The molecule has 0 fully saturated rings. The fourth-order valence-corrected chi connectivity index (χ4v) is 4.25. The van der Waals surface area contributed by atoms with E-state index in [4.69, 9.17) is 4.42 Å². The summed E-state index contributed by atoms with van der Waals surface area (Å²) >= 11 is 0. The highest BCUT2D eigenvalue weighted by Crippen LogP contribution is 2.51. The Bertz CT molecular complexity index is 871. The van der Waals surface area contributed by atoms with E-state index in [0.717, 1.165) is 30.5 Å². The summed E-state index contributed by atoms with van der Waals surface area (Å²) in [5.74, 6) is 0. The van der Waals surface area contributed by atoms with Gasteiger partial charge in [0.15, 0.2) is 0 Å². The highest BCUT2D eigenvalue weighted by atomic mass is 16.4. The van der Waals surface area contributed by atoms with E-state index in [0.29, 0.717) is 5.56 Å². The zero-order chi connectivity index (χ0) is 16.6. The topological polar surface area (TPSA) is 33.5 Å². The molecule has 2 aromatic rings. The molecule has 0 atom stereocenters. The maximum atomic E-state index is 12.1. The molecule has 1 aromatic carbocycles. The number of benzene rings is 1. The van der Waals surface area contributed by atoms with E-state index >= 15 is 0 Å². The summed E-state index contributed by atoms with van der Waals surface area (Å²) in [5, 5.41) is 1.07. The lowest BCUT2D eigenvalue weighted by molar-refractivity contribution is 0.398. The van der Waals surface area contributed by atoms with Crippen LogP contribution in [0.2, 0.25) is 0 Å². The molecule has 0 radical (unpaired) electrons. The first-order chi connectivity index (χ1) is 10.7. The lowest BCUT2D eigenvalue weighted by Crippen LogP contribution is -2.44. The van der Waals surface area contributed by atoms with Gasteiger partial charge in [-0.2, -0.15) is 0 Å². The number of nitrogens with zero attached hydrogens (tertiary/aromatic N) is 1. The Hall–Kier alpha value is -1.77. The van der Waals surface area contributed by atoms with E-state index in [1.165, 1.54) is 23.2 Å². The Labute approximate surface area is 137 Å². The SMILES string of the molecule is Cc1cc2cc3c4c(c2oc1=O)C(C)(C)CCN4CCC3(C)C. The van der Waals surface area contributed by atoms with Gasteiger partial charge in [-0.1, -0.05) is 27.7 Å². The van der Waals surface area contributed by atoms with E-state index < -0.39 is 0 Å². The minimum Gasteiger partial charge on any atom is -0.422 e. The Morgan fingerprint density at radius 3 is 2.39 bits per heavy atom.